The van der Waals surface area contributed by atoms with E-state index in [1.807, 2.05) is 38.1 Å². The molecule has 0 aliphatic heterocycles. The van der Waals surface area contributed by atoms with E-state index >= 15 is 0 Å². The molecule has 3 aromatic rings. The predicted octanol–water partition coefficient (Wildman–Crippen LogP) is 2.44. The van der Waals surface area contributed by atoms with E-state index in [4.69, 9.17) is 0 Å². The second-order valence-electron chi connectivity index (χ2n) is 4.13. The van der Waals surface area contributed by atoms with Crippen LogP contribution in [-0.2, 0) is 0 Å². The van der Waals surface area contributed by atoms with Crippen molar-refractivity contribution < 1.29 is 5.11 Å². The number of rotatable bonds is 1. The molecule has 0 saturated carbocycles. The van der Waals surface area contributed by atoms with Gasteiger partial charge in [0.25, 0.3) is 0 Å². The molecule has 90 valence electrons. The van der Waals surface area contributed by atoms with Gasteiger partial charge in [0.15, 0.2) is 0 Å². The van der Waals surface area contributed by atoms with E-state index in [1.165, 1.54) is 16.9 Å². The van der Waals surface area contributed by atoms with Gasteiger partial charge in [0.05, 0.1) is 15.2 Å². The number of thiazole rings is 1. The van der Waals surface area contributed by atoms with Gasteiger partial charge in [-0.2, -0.15) is 5.10 Å². The zero-order chi connectivity index (χ0) is 12.7. The fourth-order valence-corrected chi connectivity index (χ4v) is 2.74. The number of hydrogen-bond donors (Lipinski definition) is 0. The Bertz CT molecular complexity index is 719. The Balaban J connectivity index is 2.29. The van der Waals surface area contributed by atoms with Crippen LogP contribution in [-0.4, -0.2) is 15.2 Å². The molecule has 0 radical (unpaired) electrons. The van der Waals surface area contributed by atoms with E-state index in [0.29, 0.717) is 5.52 Å². The minimum atomic E-state index is -0.356. The first-order valence-electron chi connectivity index (χ1n) is 5.53. The Morgan fingerprint density at radius 3 is 2.50 bits per heavy atom. The number of aryl methyl sites for hydroxylation is 2. The van der Waals surface area contributed by atoms with Gasteiger partial charge >= 0.3 is 0 Å². The smallest absolute Gasteiger partial charge is 0.112 e. The van der Waals surface area contributed by atoms with Crippen LogP contribution < -0.4 is 5.11 Å². The fourth-order valence-electron chi connectivity index (χ4n) is 1.82. The van der Waals surface area contributed by atoms with Gasteiger partial charge < -0.3 is 5.11 Å². The van der Waals surface area contributed by atoms with Gasteiger partial charge in [-0.1, -0.05) is 29.8 Å². The van der Waals surface area contributed by atoms with Gasteiger partial charge in [-0.3, -0.25) is 0 Å². The summed E-state index contributed by atoms with van der Waals surface area (Å²) in [6.45, 7) is 3.91. The van der Waals surface area contributed by atoms with E-state index in [0.717, 1.165) is 21.0 Å². The van der Waals surface area contributed by atoms with Gasteiger partial charge in [0.2, 0.25) is 0 Å². The van der Waals surface area contributed by atoms with Crippen LogP contribution in [0.25, 0.3) is 21.5 Å². The molecule has 4 nitrogen and oxygen atoms in total. The highest BCUT2D eigenvalue weighted by atomic mass is 32.1. The molecular formula is C13H10N3OS-. The summed E-state index contributed by atoms with van der Waals surface area (Å²) >= 11 is 1.48. The Kier molecular flexibility index (Phi) is 2.48. The molecule has 0 unspecified atom stereocenters. The molecule has 0 bridgehead atoms. The molecule has 0 fully saturated rings. The minimum Gasteiger partial charge on any atom is -0.856 e. The topological polar surface area (TPSA) is 61.7 Å². The number of fused-ring (bicyclic) bond motifs is 1. The lowest BCUT2D eigenvalue weighted by Crippen LogP contribution is -1.98. The summed E-state index contributed by atoms with van der Waals surface area (Å²) in [5, 5.41) is 20.1. The van der Waals surface area contributed by atoms with E-state index in [2.05, 4.69) is 15.2 Å². The monoisotopic (exact) mass is 256 g/mol. The van der Waals surface area contributed by atoms with Crippen LogP contribution in [0.1, 0.15) is 10.6 Å². The fraction of sp³-hybridized carbons (Fsp3) is 0.154. The summed E-state index contributed by atoms with van der Waals surface area (Å²) in [4.78, 5) is 4.22. The van der Waals surface area contributed by atoms with Crippen LogP contribution in [0.5, 0.6) is 5.88 Å². The Morgan fingerprint density at radius 2 is 1.78 bits per heavy atom. The maximum absolute atomic E-state index is 11.6. The third-order valence-corrected chi connectivity index (χ3v) is 3.70. The number of hydrogen-bond acceptors (Lipinski definition) is 5. The first-order valence-corrected chi connectivity index (χ1v) is 6.34. The summed E-state index contributed by atoms with van der Waals surface area (Å²) in [5.74, 6) is -0.356. The van der Waals surface area contributed by atoms with Crippen molar-refractivity contribution in [3.05, 3.63) is 34.8 Å². The molecule has 2 aromatic heterocycles. The number of aromatic nitrogens is 3. The van der Waals surface area contributed by atoms with Crippen LogP contribution >= 0.6 is 11.3 Å². The summed E-state index contributed by atoms with van der Waals surface area (Å²) < 4.78 is 0.816. The Morgan fingerprint density at radius 1 is 1.06 bits per heavy atom. The van der Waals surface area contributed by atoms with Gasteiger partial charge in [0.1, 0.15) is 5.69 Å². The third-order valence-electron chi connectivity index (χ3n) is 2.72. The van der Waals surface area contributed by atoms with Crippen molar-refractivity contribution in [2.24, 2.45) is 0 Å². The Hall–Kier alpha value is -2.01. The molecule has 0 spiro atoms. The van der Waals surface area contributed by atoms with Gasteiger partial charge in [-0.25, -0.2) is 4.98 Å². The highest BCUT2D eigenvalue weighted by Crippen LogP contribution is 2.33. The third kappa shape index (κ3) is 1.73. The summed E-state index contributed by atoms with van der Waals surface area (Å²) in [7, 11) is 0. The maximum Gasteiger partial charge on any atom is 0.112 e. The second kappa shape index (κ2) is 4.03. The van der Waals surface area contributed by atoms with E-state index in [1.54, 1.807) is 0 Å². The lowest BCUT2D eigenvalue weighted by Gasteiger charge is -2.06. The van der Waals surface area contributed by atoms with Crippen molar-refractivity contribution in [2.45, 2.75) is 13.8 Å². The lowest BCUT2D eigenvalue weighted by molar-refractivity contribution is -0.273. The van der Waals surface area contributed by atoms with Crippen molar-refractivity contribution >= 4 is 21.6 Å². The molecule has 3 rings (SSSR count). The molecule has 18 heavy (non-hydrogen) atoms. The van der Waals surface area contributed by atoms with Crippen LogP contribution in [0.2, 0.25) is 0 Å². The highest BCUT2D eigenvalue weighted by molar-refractivity contribution is 7.19. The molecule has 0 aliphatic carbocycles. The molecule has 5 heteroatoms. The zero-order valence-corrected chi connectivity index (χ0v) is 10.8. The average Bonchev–Trinajstić information content (AvgIpc) is 2.74. The van der Waals surface area contributed by atoms with Crippen LogP contribution in [0, 0.1) is 13.8 Å². The molecule has 0 saturated heterocycles. The largest absolute Gasteiger partial charge is 0.856 e. The normalized spacial score (nSPS) is 11.0. The molecule has 0 aliphatic rings. The van der Waals surface area contributed by atoms with Crippen molar-refractivity contribution in [3.8, 4) is 17.1 Å². The molecular weight excluding hydrogens is 246 g/mol. The van der Waals surface area contributed by atoms with Crippen molar-refractivity contribution in [1.29, 1.82) is 0 Å². The van der Waals surface area contributed by atoms with E-state index in [-0.39, 0.29) is 5.88 Å². The maximum atomic E-state index is 11.6. The van der Waals surface area contributed by atoms with Crippen molar-refractivity contribution in [2.75, 3.05) is 0 Å². The number of benzene rings is 1. The molecule has 1 aromatic carbocycles. The van der Waals surface area contributed by atoms with Crippen molar-refractivity contribution in [3.63, 3.8) is 0 Å². The van der Waals surface area contributed by atoms with Crippen LogP contribution in [0.4, 0.5) is 0 Å². The number of nitrogens with zero attached hydrogens (tertiary/aromatic N) is 3. The Labute approximate surface area is 108 Å². The quantitative estimate of drug-likeness (QED) is 0.671. The SMILES string of the molecule is Cc1ccc(-c2nnc([O-])c3nc(C)sc23)cc1. The summed E-state index contributed by atoms with van der Waals surface area (Å²) in [6, 6.07) is 8.00. The molecule has 0 N–H and O–H groups in total. The second-order valence-corrected chi connectivity index (χ2v) is 5.33. The zero-order valence-electron chi connectivity index (χ0n) is 9.97. The highest BCUT2D eigenvalue weighted by Gasteiger charge is 2.11. The van der Waals surface area contributed by atoms with E-state index < -0.39 is 0 Å². The molecule has 0 amide bonds. The standard InChI is InChI=1S/C13H11N3OS/c1-7-3-5-9(6-4-7)10-12-11(13(17)16-15-10)14-8(2)18-12/h3-6H,1-2H3,(H,16,17)/p-1. The minimum absolute atomic E-state index is 0.356. The first-order chi connectivity index (χ1) is 8.65. The van der Waals surface area contributed by atoms with Crippen LogP contribution in [0.15, 0.2) is 24.3 Å². The molecule has 2 heterocycles. The van der Waals surface area contributed by atoms with Crippen LogP contribution in [0.3, 0.4) is 0 Å². The van der Waals surface area contributed by atoms with Crippen molar-refractivity contribution in [1.82, 2.24) is 15.2 Å². The lowest BCUT2D eigenvalue weighted by atomic mass is 10.1. The summed E-state index contributed by atoms with van der Waals surface area (Å²) in [5.41, 5.74) is 3.30. The van der Waals surface area contributed by atoms with E-state index in [9.17, 15) is 5.11 Å². The first kappa shape index (κ1) is 11.1. The summed E-state index contributed by atoms with van der Waals surface area (Å²) in [6.07, 6.45) is 0. The van der Waals surface area contributed by atoms with Gasteiger partial charge in [-0.15, -0.1) is 16.4 Å². The van der Waals surface area contributed by atoms with Gasteiger partial charge in [-0.05, 0) is 13.8 Å². The van der Waals surface area contributed by atoms with Gasteiger partial charge in [0, 0.05) is 11.4 Å². The molecule has 0 atom stereocenters. The average molecular weight is 256 g/mol. The predicted molar refractivity (Wildman–Crippen MR) is 69.6 cm³/mol.